The summed E-state index contributed by atoms with van der Waals surface area (Å²) in [6.07, 6.45) is -0.469. The van der Waals surface area contributed by atoms with Crippen molar-refractivity contribution < 1.29 is 18.3 Å². The van der Waals surface area contributed by atoms with E-state index in [0.717, 1.165) is 5.56 Å². The number of ether oxygens (including phenoxy) is 1. The van der Waals surface area contributed by atoms with Crippen LogP contribution in [0.4, 0.5) is 0 Å². The summed E-state index contributed by atoms with van der Waals surface area (Å²) in [6, 6.07) is 7.38. The van der Waals surface area contributed by atoms with Gasteiger partial charge in [-0.25, -0.2) is 8.42 Å². The average Bonchev–Trinajstić information content (AvgIpc) is 2.75. The summed E-state index contributed by atoms with van der Waals surface area (Å²) in [5.74, 6) is 0.0468. The lowest BCUT2D eigenvalue weighted by atomic mass is 9.78. The molecule has 5 nitrogen and oxygen atoms in total. The topological polar surface area (TPSA) is 89.6 Å². The maximum atomic E-state index is 11.7. The molecule has 0 amide bonds. The van der Waals surface area contributed by atoms with E-state index < -0.39 is 21.4 Å². The van der Waals surface area contributed by atoms with Crippen molar-refractivity contribution >= 4 is 9.84 Å². The summed E-state index contributed by atoms with van der Waals surface area (Å²) < 4.78 is 28.5. The smallest absolute Gasteiger partial charge is 0.151 e. The van der Waals surface area contributed by atoms with Gasteiger partial charge in [0.1, 0.15) is 0 Å². The summed E-state index contributed by atoms with van der Waals surface area (Å²) in [6.45, 7) is 0.608. The van der Waals surface area contributed by atoms with Crippen molar-refractivity contribution in [3.63, 3.8) is 0 Å². The minimum absolute atomic E-state index is 0.0494. The zero-order valence-corrected chi connectivity index (χ0v) is 12.4. The Kier molecular flexibility index (Phi) is 4.49. The Labute approximate surface area is 119 Å². The number of aliphatic hydroxyl groups excluding tert-OH is 1. The second-order valence-electron chi connectivity index (χ2n) is 5.49. The van der Waals surface area contributed by atoms with Gasteiger partial charge in [-0.3, -0.25) is 0 Å². The molecule has 2 rings (SSSR count). The Hall–Kier alpha value is -0.950. The number of benzene rings is 1. The minimum atomic E-state index is -3.10. The highest BCUT2D eigenvalue weighted by Gasteiger charge is 2.46. The van der Waals surface area contributed by atoms with Crippen LogP contribution in [0.25, 0.3) is 0 Å². The molecule has 2 unspecified atom stereocenters. The van der Waals surface area contributed by atoms with E-state index in [1.807, 2.05) is 18.2 Å². The van der Waals surface area contributed by atoms with Crippen molar-refractivity contribution in [3.05, 3.63) is 35.4 Å². The molecule has 1 aliphatic rings. The third-order valence-electron chi connectivity index (χ3n) is 3.98. The van der Waals surface area contributed by atoms with E-state index in [9.17, 15) is 13.5 Å². The fraction of sp³-hybridized carbons (Fsp3) is 0.571. The maximum Gasteiger partial charge on any atom is 0.151 e. The van der Waals surface area contributed by atoms with E-state index in [2.05, 4.69) is 0 Å². The Bertz CT molecular complexity index is 572. The fourth-order valence-corrected chi connectivity index (χ4v) is 4.96. The van der Waals surface area contributed by atoms with Gasteiger partial charge in [0.25, 0.3) is 0 Å². The van der Waals surface area contributed by atoms with Gasteiger partial charge in [-0.05, 0) is 17.5 Å². The van der Waals surface area contributed by atoms with Crippen LogP contribution in [-0.2, 0) is 21.2 Å². The van der Waals surface area contributed by atoms with Crippen LogP contribution in [-0.4, -0.2) is 38.7 Å². The third kappa shape index (κ3) is 3.03. The average molecular weight is 299 g/mol. The van der Waals surface area contributed by atoms with Crippen LogP contribution >= 0.6 is 0 Å². The molecule has 1 fully saturated rings. The van der Waals surface area contributed by atoms with Crippen LogP contribution in [0.1, 0.15) is 23.7 Å². The molecule has 6 heteroatoms. The summed E-state index contributed by atoms with van der Waals surface area (Å²) in [4.78, 5) is 0. The zero-order valence-electron chi connectivity index (χ0n) is 11.6. The molecule has 1 aliphatic heterocycles. The first-order chi connectivity index (χ1) is 9.42. The number of hydrogen-bond acceptors (Lipinski definition) is 5. The lowest BCUT2D eigenvalue weighted by Crippen LogP contribution is -2.38. The number of methoxy groups -OCH3 is 1. The second kappa shape index (κ2) is 5.81. The highest BCUT2D eigenvalue weighted by Crippen LogP contribution is 2.42. The molecule has 0 aliphatic carbocycles. The summed E-state index contributed by atoms with van der Waals surface area (Å²) in [5, 5.41) is 10.6. The van der Waals surface area contributed by atoms with Gasteiger partial charge in [0, 0.05) is 19.1 Å². The van der Waals surface area contributed by atoms with Gasteiger partial charge in [0.15, 0.2) is 9.84 Å². The number of aliphatic hydroxyl groups is 1. The number of rotatable bonds is 5. The van der Waals surface area contributed by atoms with Crippen LogP contribution in [0, 0.1) is 5.41 Å². The van der Waals surface area contributed by atoms with Gasteiger partial charge in [-0.15, -0.1) is 0 Å². The molecule has 1 aromatic rings. The van der Waals surface area contributed by atoms with Crippen LogP contribution in [0.5, 0.6) is 0 Å². The van der Waals surface area contributed by atoms with E-state index in [1.165, 1.54) is 0 Å². The van der Waals surface area contributed by atoms with E-state index >= 15 is 0 Å². The molecule has 0 saturated carbocycles. The lowest BCUT2D eigenvalue weighted by molar-refractivity contribution is 0.0470. The highest BCUT2D eigenvalue weighted by molar-refractivity contribution is 7.91. The quantitative estimate of drug-likeness (QED) is 0.832. The van der Waals surface area contributed by atoms with Crippen LogP contribution in [0.2, 0.25) is 0 Å². The zero-order chi connectivity index (χ0) is 14.8. The highest BCUT2D eigenvalue weighted by atomic mass is 32.2. The van der Waals surface area contributed by atoms with Crippen LogP contribution < -0.4 is 5.73 Å². The molecule has 0 bridgehead atoms. The normalized spacial score (nSPS) is 26.6. The van der Waals surface area contributed by atoms with Crippen LogP contribution in [0.15, 0.2) is 24.3 Å². The molecule has 3 N–H and O–H groups in total. The second-order valence-corrected chi connectivity index (χ2v) is 7.67. The summed E-state index contributed by atoms with van der Waals surface area (Å²) >= 11 is 0. The van der Waals surface area contributed by atoms with Gasteiger partial charge in [0.2, 0.25) is 0 Å². The number of nitrogens with two attached hydrogens (primary N) is 1. The molecule has 112 valence electrons. The molecule has 0 aromatic heterocycles. The summed E-state index contributed by atoms with van der Waals surface area (Å²) in [5.41, 5.74) is 6.64. The van der Waals surface area contributed by atoms with Crippen molar-refractivity contribution in [2.24, 2.45) is 11.1 Å². The first-order valence-corrected chi connectivity index (χ1v) is 8.41. The Balaban J connectivity index is 2.29. The van der Waals surface area contributed by atoms with Crippen LogP contribution in [0.3, 0.4) is 0 Å². The van der Waals surface area contributed by atoms with E-state index in [1.54, 1.807) is 13.2 Å². The van der Waals surface area contributed by atoms with E-state index in [-0.39, 0.29) is 18.1 Å². The Morgan fingerprint density at radius 1 is 1.50 bits per heavy atom. The SMILES string of the molecule is COCc1cccc(C(O)C2(CN)CCS(=O)(=O)C2)c1. The monoisotopic (exact) mass is 299 g/mol. The lowest BCUT2D eigenvalue weighted by Gasteiger charge is -2.32. The molecular formula is C14H21NO4S. The Morgan fingerprint density at radius 3 is 2.80 bits per heavy atom. The molecule has 0 spiro atoms. The molecule has 2 atom stereocenters. The fourth-order valence-electron chi connectivity index (χ4n) is 2.80. The molecule has 1 aromatic carbocycles. The predicted molar refractivity (Wildman–Crippen MR) is 76.9 cm³/mol. The van der Waals surface area contributed by atoms with E-state index in [4.69, 9.17) is 10.5 Å². The largest absolute Gasteiger partial charge is 0.388 e. The Morgan fingerprint density at radius 2 is 2.25 bits per heavy atom. The first-order valence-electron chi connectivity index (χ1n) is 6.59. The van der Waals surface area contributed by atoms with Gasteiger partial charge in [-0.1, -0.05) is 24.3 Å². The standard InChI is InChI=1S/C14H21NO4S/c1-19-8-11-3-2-4-12(7-11)13(16)14(9-15)5-6-20(17,18)10-14/h2-4,7,13,16H,5-6,8-10,15H2,1H3. The molecular weight excluding hydrogens is 278 g/mol. The third-order valence-corrected chi connectivity index (χ3v) is 5.82. The molecule has 0 radical (unpaired) electrons. The summed E-state index contributed by atoms with van der Waals surface area (Å²) in [7, 11) is -1.50. The minimum Gasteiger partial charge on any atom is -0.388 e. The van der Waals surface area contributed by atoms with Gasteiger partial charge < -0.3 is 15.6 Å². The maximum absolute atomic E-state index is 11.7. The first kappa shape index (κ1) is 15.4. The van der Waals surface area contributed by atoms with Gasteiger partial charge >= 0.3 is 0 Å². The molecule has 20 heavy (non-hydrogen) atoms. The van der Waals surface area contributed by atoms with Crippen molar-refractivity contribution in [2.45, 2.75) is 19.1 Å². The van der Waals surface area contributed by atoms with E-state index in [0.29, 0.717) is 18.6 Å². The number of hydrogen-bond donors (Lipinski definition) is 2. The van der Waals surface area contributed by atoms with Crippen molar-refractivity contribution in [2.75, 3.05) is 25.2 Å². The molecule has 1 heterocycles. The van der Waals surface area contributed by atoms with Gasteiger partial charge in [0.05, 0.1) is 24.2 Å². The predicted octanol–water partition coefficient (Wildman–Crippen LogP) is 0.630. The van der Waals surface area contributed by atoms with Crippen molar-refractivity contribution in [3.8, 4) is 0 Å². The molecule has 1 saturated heterocycles. The number of sulfone groups is 1. The van der Waals surface area contributed by atoms with Gasteiger partial charge in [-0.2, -0.15) is 0 Å². The van der Waals surface area contributed by atoms with Crippen molar-refractivity contribution in [1.29, 1.82) is 0 Å². The van der Waals surface area contributed by atoms with Crippen molar-refractivity contribution in [1.82, 2.24) is 0 Å².